The summed E-state index contributed by atoms with van der Waals surface area (Å²) in [5.74, 6) is 1.32. The quantitative estimate of drug-likeness (QED) is 0.274. The first-order chi connectivity index (χ1) is 17.2. The van der Waals surface area contributed by atoms with E-state index in [9.17, 15) is 8.42 Å². The van der Waals surface area contributed by atoms with Crippen LogP contribution in [-0.4, -0.2) is 32.9 Å². The monoisotopic (exact) mass is 540 g/mol. The van der Waals surface area contributed by atoms with Gasteiger partial charge < -0.3 is 11.1 Å². The van der Waals surface area contributed by atoms with Crippen LogP contribution in [0.2, 0.25) is 10.0 Å². The molecule has 5 rings (SSSR count). The van der Waals surface area contributed by atoms with Crippen LogP contribution in [0.25, 0.3) is 17.0 Å². The Labute approximate surface area is 216 Å². The molecule has 5 aromatic rings. The number of fused-ring (bicyclic) bond motifs is 1. The molecule has 0 saturated heterocycles. The Balaban J connectivity index is 1.46. The number of nitrogen functional groups attached to an aromatic ring is 1. The molecule has 0 spiro atoms. The third kappa shape index (κ3) is 4.63. The van der Waals surface area contributed by atoms with Crippen molar-refractivity contribution in [1.82, 2.24) is 24.5 Å². The molecule has 13 heteroatoms. The van der Waals surface area contributed by atoms with Gasteiger partial charge in [0.1, 0.15) is 10.7 Å². The first-order valence-electron chi connectivity index (χ1n) is 10.5. The van der Waals surface area contributed by atoms with Gasteiger partial charge in [0, 0.05) is 11.4 Å². The van der Waals surface area contributed by atoms with E-state index in [1.54, 1.807) is 41.8 Å². The van der Waals surface area contributed by atoms with E-state index in [1.807, 2.05) is 24.3 Å². The molecule has 0 aliphatic heterocycles. The highest BCUT2D eigenvalue weighted by atomic mass is 35.5. The molecule has 0 atom stereocenters. The number of hydrogen-bond donors (Lipinski definition) is 3. The summed E-state index contributed by atoms with van der Waals surface area (Å²) in [5.41, 5.74) is 8.31. The zero-order chi connectivity index (χ0) is 25.4. The Hall–Kier alpha value is -3.93. The zero-order valence-electron chi connectivity index (χ0n) is 18.6. The van der Waals surface area contributed by atoms with Gasteiger partial charge in [-0.25, -0.2) is 18.0 Å². The minimum atomic E-state index is -4.00. The first kappa shape index (κ1) is 23.8. The maximum Gasteiger partial charge on any atom is 0.264 e. The Morgan fingerprint density at radius 2 is 1.50 bits per heavy atom. The van der Waals surface area contributed by atoms with Crippen molar-refractivity contribution in [1.29, 1.82) is 0 Å². The maximum absolute atomic E-state index is 12.8. The van der Waals surface area contributed by atoms with E-state index in [0.717, 1.165) is 11.0 Å². The van der Waals surface area contributed by atoms with Crippen molar-refractivity contribution in [2.75, 3.05) is 15.8 Å². The molecule has 0 saturated carbocycles. The van der Waals surface area contributed by atoms with Crippen molar-refractivity contribution >= 4 is 67.5 Å². The van der Waals surface area contributed by atoms with Crippen LogP contribution in [0.4, 0.5) is 23.3 Å². The number of sulfonamides is 1. The summed E-state index contributed by atoms with van der Waals surface area (Å²) in [6, 6.07) is 18.6. The van der Waals surface area contributed by atoms with Crippen molar-refractivity contribution in [3.05, 3.63) is 82.6 Å². The number of hydrogen-bond acceptors (Lipinski definition) is 8. The smallest absolute Gasteiger partial charge is 0.264 e. The summed E-state index contributed by atoms with van der Waals surface area (Å²) in [6.45, 7) is 1.73. The third-order valence-electron chi connectivity index (χ3n) is 5.09. The highest BCUT2D eigenvalue weighted by Gasteiger charge is 2.22. The Morgan fingerprint density at radius 3 is 2.19 bits per heavy atom. The highest BCUT2D eigenvalue weighted by molar-refractivity contribution is 7.93. The molecular formula is C23H18Cl2N8O2S. The molecule has 2 aromatic heterocycles. The molecule has 0 amide bonds. The van der Waals surface area contributed by atoms with E-state index in [2.05, 4.69) is 30.0 Å². The van der Waals surface area contributed by atoms with E-state index in [-0.39, 0.29) is 20.9 Å². The second-order valence-corrected chi connectivity index (χ2v) is 10.1. The van der Waals surface area contributed by atoms with E-state index < -0.39 is 10.0 Å². The van der Waals surface area contributed by atoms with Crippen LogP contribution < -0.4 is 15.8 Å². The topological polar surface area (TPSA) is 141 Å². The number of halogens is 2. The van der Waals surface area contributed by atoms with Crippen LogP contribution in [0.15, 0.2) is 71.6 Å². The van der Waals surface area contributed by atoms with Crippen LogP contribution in [0, 0.1) is 6.92 Å². The van der Waals surface area contributed by atoms with Gasteiger partial charge in [-0.15, -0.1) is 0 Å². The van der Waals surface area contributed by atoms with Crippen molar-refractivity contribution in [3.63, 3.8) is 0 Å². The van der Waals surface area contributed by atoms with Gasteiger partial charge in [-0.05, 0) is 55.5 Å². The van der Waals surface area contributed by atoms with E-state index in [1.165, 1.54) is 12.1 Å². The second kappa shape index (κ2) is 9.26. The summed E-state index contributed by atoms with van der Waals surface area (Å²) in [7, 11) is -4.00. The molecule has 10 nitrogen and oxygen atoms in total. The number of imidazole rings is 1. The number of anilines is 4. The van der Waals surface area contributed by atoms with Gasteiger partial charge in [0.15, 0.2) is 0 Å². The van der Waals surface area contributed by atoms with Crippen molar-refractivity contribution in [2.24, 2.45) is 0 Å². The van der Waals surface area contributed by atoms with Crippen molar-refractivity contribution < 1.29 is 8.42 Å². The minimum absolute atomic E-state index is 0.0291. The van der Waals surface area contributed by atoms with Crippen LogP contribution in [0.5, 0.6) is 0 Å². The SMILES string of the molecule is Cc1nc(N)nc(-n2c(Nc3ccc(NS(=O)(=O)c4c(Cl)cccc4Cl)cc3)nc3ccccc32)n1. The van der Waals surface area contributed by atoms with Crippen molar-refractivity contribution in [3.8, 4) is 5.95 Å². The third-order valence-corrected chi connectivity index (χ3v) is 7.43. The summed E-state index contributed by atoms with van der Waals surface area (Å²) >= 11 is 12.1. The summed E-state index contributed by atoms with van der Waals surface area (Å²) in [5, 5.41) is 3.29. The van der Waals surface area contributed by atoms with Gasteiger partial charge in [0.25, 0.3) is 10.0 Å². The molecular weight excluding hydrogens is 523 g/mol. The number of nitrogens with one attached hydrogen (secondary N) is 2. The number of nitrogens with two attached hydrogens (primary N) is 1. The number of para-hydroxylation sites is 2. The average Bonchev–Trinajstić information content (AvgIpc) is 3.17. The number of aryl methyl sites for hydroxylation is 1. The standard InChI is InChI=1S/C23H18Cl2N8O2S/c1-13-27-21(26)31-22(28-13)33-19-8-3-2-7-18(19)30-23(33)29-14-9-11-15(12-10-14)32-36(34,35)20-16(24)5-4-6-17(20)25/h2-12,32H,1H3,(H,29,30)(H2,26,27,28,31). The lowest BCUT2D eigenvalue weighted by Gasteiger charge is -2.12. The molecule has 3 aromatic carbocycles. The minimum Gasteiger partial charge on any atom is -0.368 e. The van der Waals surface area contributed by atoms with Gasteiger partial charge in [-0.3, -0.25) is 4.72 Å². The summed E-state index contributed by atoms with van der Waals surface area (Å²) in [6.07, 6.45) is 0. The molecule has 36 heavy (non-hydrogen) atoms. The van der Waals surface area contributed by atoms with Gasteiger partial charge in [0.2, 0.25) is 17.8 Å². The van der Waals surface area contributed by atoms with E-state index in [0.29, 0.717) is 29.1 Å². The number of nitrogens with zero attached hydrogens (tertiary/aromatic N) is 5. The van der Waals surface area contributed by atoms with Gasteiger partial charge in [-0.2, -0.15) is 15.0 Å². The van der Waals surface area contributed by atoms with Gasteiger partial charge >= 0.3 is 0 Å². The fraction of sp³-hybridized carbons (Fsp3) is 0.0435. The largest absolute Gasteiger partial charge is 0.368 e. The van der Waals surface area contributed by atoms with Crippen LogP contribution in [0.1, 0.15) is 5.82 Å². The van der Waals surface area contributed by atoms with Crippen LogP contribution in [0.3, 0.4) is 0 Å². The molecule has 0 unspecified atom stereocenters. The Kier molecular flexibility index (Phi) is 6.12. The lowest BCUT2D eigenvalue weighted by molar-refractivity contribution is 0.601. The van der Waals surface area contributed by atoms with E-state index in [4.69, 9.17) is 28.9 Å². The van der Waals surface area contributed by atoms with Gasteiger partial charge in [0.05, 0.1) is 21.1 Å². The molecule has 0 fully saturated rings. The molecule has 4 N–H and O–H groups in total. The Morgan fingerprint density at radius 1 is 0.833 bits per heavy atom. The predicted octanol–water partition coefficient (Wildman–Crippen LogP) is 4.95. The van der Waals surface area contributed by atoms with E-state index >= 15 is 0 Å². The molecule has 182 valence electrons. The molecule has 0 aliphatic carbocycles. The van der Waals surface area contributed by atoms with Crippen LogP contribution in [-0.2, 0) is 10.0 Å². The normalized spacial score (nSPS) is 11.5. The average molecular weight is 541 g/mol. The Bertz CT molecular complexity index is 1670. The summed E-state index contributed by atoms with van der Waals surface area (Å²) in [4.78, 5) is 17.2. The lowest BCUT2D eigenvalue weighted by Crippen LogP contribution is -2.14. The first-order valence-corrected chi connectivity index (χ1v) is 12.7. The molecule has 0 radical (unpaired) electrons. The molecule has 2 heterocycles. The summed E-state index contributed by atoms with van der Waals surface area (Å²) < 4.78 is 29.9. The van der Waals surface area contributed by atoms with Gasteiger partial charge in [-0.1, -0.05) is 41.4 Å². The van der Waals surface area contributed by atoms with Crippen molar-refractivity contribution in [2.45, 2.75) is 11.8 Å². The highest BCUT2D eigenvalue weighted by Crippen LogP contribution is 2.31. The maximum atomic E-state index is 12.8. The number of aromatic nitrogens is 5. The lowest BCUT2D eigenvalue weighted by atomic mass is 10.3. The zero-order valence-corrected chi connectivity index (χ0v) is 21.0. The fourth-order valence-corrected chi connectivity index (χ4v) is 5.80. The number of benzene rings is 3. The predicted molar refractivity (Wildman–Crippen MR) is 141 cm³/mol. The van der Waals surface area contributed by atoms with Crippen LogP contribution >= 0.6 is 23.2 Å². The molecule has 0 aliphatic rings. The second-order valence-electron chi connectivity index (χ2n) is 7.66. The molecule has 0 bridgehead atoms. The number of rotatable bonds is 6. The fourth-order valence-electron chi connectivity index (χ4n) is 3.60.